The lowest BCUT2D eigenvalue weighted by molar-refractivity contribution is 0.301. The van der Waals surface area contributed by atoms with Gasteiger partial charge in [0, 0.05) is 18.8 Å². The Morgan fingerprint density at radius 2 is 2.04 bits per heavy atom. The first-order chi connectivity index (χ1) is 12.8. The first-order valence-electron chi connectivity index (χ1n) is 9.50. The quantitative estimate of drug-likeness (QED) is 0.353. The van der Waals surface area contributed by atoms with E-state index in [2.05, 4.69) is 28.6 Å². The van der Waals surface area contributed by atoms with Crippen LogP contribution in [0.2, 0.25) is 0 Å². The summed E-state index contributed by atoms with van der Waals surface area (Å²) in [6.45, 7) is 4.06. The summed E-state index contributed by atoms with van der Waals surface area (Å²) in [7, 11) is 0. The number of aliphatic imine (C=N–C) groups is 1. The Labute approximate surface area is 179 Å². The summed E-state index contributed by atoms with van der Waals surface area (Å²) in [5.41, 5.74) is 2.05. The Morgan fingerprint density at radius 3 is 2.78 bits per heavy atom. The number of aromatic nitrogens is 1. The zero-order valence-corrected chi connectivity index (χ0v) is 18.2. The third-order valence-electron chi connectivity index (χ3n) is 4.47. The van der Waals surface area contributed by atoms with Crippen LogP contribution in [-0.2, 0) is 13.2 Å². The SMILES string of the molecule is CCNC(=NCc1cccc(OCc2ccccn2)c1)NC1CCCC1.I. The minimum Gasteiger partial charge on any atom is -0.487 e. The van der Waals surface area contributed by atoms with Crippen molar-refractivity contribution < 1.29 is 4.74 Å². The van der Waals surface area contributed by atoms with Gasteiger partial charge in [-0.2, -0.15) is 0 Å². The predicted octanol–water partition coefficient (Wildman–Crippen LogP) is 4.28. The van der Waals surface area contributed by atoms with Crippen LogP contribution in [0.3, 0.4) is 0 Å². The van der Waals surface area contributed by atoms with E-state index in [0.717, 1.165) is 29.5 Å². The molecule has 0 spiro atoms. The summed E-state index contributed by atoms with van der Waals surface area (Å²) in [6, 6.07) is 14.5. The van der Waals surface area contributed by atoms with Crippen LogP contribution in [-0.4, -0.2) is 23.5 Å². The van der Waals surface area contributed by atoms with Gasteiger partial charge in [0.05, 0.1) is 12.2 Å². The van der Waals surface area contributed by atoms with Gasteiger partial charge in [-0.3, -0.25) is 4.98 Å². The highest BCUT2D eigenvalue weighted by Crippen LogP contribution is 2.18. The van der Waals surface area contributed by atoms with Gasteiger partial charge in [-0.05, 0) is 49.6 Å². The van der Waals surface area contributed by atoms with E-state index in [9.17, 15) is 0 Å². The van der Waals surface area contributed by atoms with Gasteiger partial charge < -0.3 is 15.4 Å². The minimum atomic E-state index is 0. The average molecular weight is 480 g/mol. The topological polar surface area (TPSA) is 58.5 Å². The van der Waals surface area contributed by atoms with E-state index in [-0.39, 0.29) is 24.0 Å². The standard InChI is InChI=1S/C21H28N4O.HI/c1-2-22-21(25-18-9-3-4-10-18)24-15-17-8-7-12-20(14-17)26-16-19-11-5-6-13-23-19;/h5-8,11-14,18H,2-4,9-10,15-16H2,1H3,(H2,22,24,25);1H. The van der Waals surface area contributed by atoms with Crippen LogP contribution in [0.5, 0.6) is 5.75 Å². The normalized spacial score (nSPS) is 14.5. The molecule has 146 valence electrons. The molecule has 1 aliphatic rings. The van der Waals surface area contributed by atoms with Gasteiger partial charge in [0.15, 0.2) is 5.96 Å². The molecule has 0 radical (unpaired) electrons. The van der Waals surface area contributed by atoms with Crippen LogP contribution in [0.1, 0.15) is 43.9 Å². The van der Waals surface area contributed by atoms with E-state index in [4.69, 9.17) is 9.73 Å². The molecule has 1 aliphatic carbocycles. The second-order valence-electron chi connectivity index (χ2n) is 6.58. The summed E-state index contributed by atoms with van der Waals surface area (Å²) in [5, 5.41) is 6.89. The molecule has 1 heterocycles. The maximum atomic E-state index is 5.85. The zero-order valence-electron chi connectivity index (χ0n) is 15.9. The van der Waals surface area contributed by atoms with Crippen LogP contribution in [0, 0.1) is 0 Å². The Bertz CT molecular complexity index is 702. The fourth-order valence-corrected chi connectivity index (χ4v) is 3.13. The Morgan fingerprint density at radius 1 is 1.19 bits per heavy atom. The maximum Gasteiger partial charge on any atom is 0.191 e. The monoisotopic (exact) mass is 480 g/mol. The van der Waals surface area contributed by atoms with Crippen molar-refractivity contribution in [3.63, 3.8) is 0 Å². The first-order valence-corrected chi connectivity index (χ1v) is 9.50. The lowest BCUT2D eigenvalue weighted by atomic mass is 10.2. The average Bonchev–Trinajstić information content (AvgIpc) is 3.19. The molecule has 6 heteroatoms. The van der Waals surface area contributed by atoms with Crippen LogP contribution in [0.4, 0.5) is 0 Å². The molecule has 27 heavy (non-hydrogen) atoms. The molecule has 0 unspecified atom stereocenters. The number of hydrogen-bond donors (Lipinski definition) is 2. The molecular weight excluding hydrogens is 451 g/mol. The predicted molar refractivity (Wildman–Crippen MR) is 121 cm³/mol. The molecule has 0 saturated heterocycles. The van der Waals surface area contributed by atoms with Crippen LogP contribution >= 0.6 is 24.0 Å². The van der Waals surface area contributed by atoms with Gasteiger partial charge >= 0.3 is 0 Å². The summed E-state index contributed by atoms with van der Waals surface area (Å²) in [5.74, 6) is 1.75. The molecule has 3 rings (SSSR count). The van der Waals surface area contributed by atoms with E-state index in [1.807, 2.05) is 36.4 Å². The van der Waals surface area contributed by atoms with E-state index >= 15 is 0 Å². The Hall–Kier alpha value is -1.83. The second kappa shape index (κ2) is 11.8. The largest absolute Gasteiger partial charge is 0.487 e. The highest BCUT2D eigenvalue weighted by Gasteiger charge is 2.15. The first kappa shape index (κ1) is 21.5. The number of halogens is 1. The highest BCUT2D eigenvalue weighted by atomic mass is 127. The molecular formula is C21H29IN4O. The van der Waals surface area contributed by atoms with E-state index in [0.29, 0.717) is 19.2 Å². The van der Waals surface area contributed by atoms with Gasteiger partial charge in [-0.15, -0.1) is 24.0 Å². The molecule has 1 saturated carbocycles. The molecule has 2 aromatic rings. The van der Waals surface area contributed by atoms with Gasteiger partial charge in [0.2, 0.25) is 0 Å². The molecule has 2 N–H and O–H groups in total. The van der Waals surface area contributed by atoms with Crippen molar-refractivity contribution in [1.29, 1.82) is 0 Å². The fraction of sp³-hybridized carbons (Fsp3) is 0.429. The number of pyridine rings is 1. The van der Waals surface area contributed by atoms with Gasteiger partial charge in [-0.25, -0.2) is 4.99 Å². The molecule has 1 fully saturated rings. The molecule has 0 atom stereocenters. The van der Waals surface area contributed by atoms with E-state index < -0.39 is 0 Å². The van der Waals surface area contributed by atoms with Gasteiger partial charge in [0.1, 0.15) is 12.4 Å². The smallest absolute Gasteiger partial charge is 0.191 e. The van der Waals surface area contributed by atoms with Crippen molar-refractivity contribution in [1.82, 2.24) is 15.6 Å². The Balaban J connectivity index is 0.00000261. The maximum absolute atomic E-state index is 5.85. The van der Waals surface area contributed by atoms with Crippen LogP contribution in [0.15, 0.2) is 53.7 Å². The number of ether oxygens (including phenoxy) is 1. The van der Waals surface area contributed by atoms with Crippen molar-refractivity contribution in [3.05, 3.63) is 59.9 Å². The zero-order chi connectivity index (χ0) is 18.0. The number of benzene rings is 1. The third kappa shape index (κ3) is 7.36. The summed E-state index contributed by atoms with van der Waals surface area (Å²) in [4.78, 5) is 9.01. The molecule has 1 aromatic carbocycles. The molecule has 0 bridgehead atoms. The van der Waals surface area contributed by atoms with Crippen molar-refractivity contribution in [2.75, 3.05) is 6.54 Å². The second-order valence-corrected chi connectivity index (χ2v) is 6.58. The lowest BCUT2D eigenvalue weighted by Crippen LogP contribution is -2.42. The molecule has 0 amide bonds. The molecule has 1 aromatic heterocycles. The number of nitrogens with zero attached hydrogens (tertiary/aromatic N) is 2. The lowest BCUT2D eigenvalue weighted by Gasteiger charge is -2.16. The number of hydrogen-bond acceptors (Lipinski definition) is 3. The van der Waals surface area contributed by atoms with Crippen molar-refractivity contribution in [2.45, 2.75) is 51.8 Å². The van der Waals surface area contributed by atoms with Crippen LogP contribution < -0.4 is 15.4 Å². The summed E-state index contributed by atoms with van der Waals surface area (Å²) in [6.07, 6.45) is 6.88. The van der Waals surface area contributed by atoms with Crippen molar-refractivity contribution in [2.24, 2.45) is 4.99 Å². The van der Waals surface area contributed by atoms with Gasteiger partial charge in [0.25, 0.3) is 0 Å². The highest BCUT2D eigenvalue weighted by molar-refractivity contribution is 14.0. The van der Waals surface area contributed by atoms with E-state index in [1.165, 1.54) is 25.7 Å². The van der Waals surface area contributed by atoms with Crippen molar-refractivity contribution >= 4 is 29.9 Å². The molecule has 5 nitrogen and oxygen atoms in total. The van der Waals surface area contributed by atoms with Gasteiger partial charge in [-0.1, -0.05) is 31.0 Å². The summed E-state index contributed by atoms with van der Waals surface area (Å²) >= 11 is 0. The minimum absolute atomic E-state index is 0. The fourth-order valence-electron chi connectivity index (χ4n) is 3.13. The van der Waals surface area contributed by atoms with E-state index in [1.54, 1.807) is 6.20 Å². The number of guanidine groups is 1. The summed E-state index contributed by atoms with van der Waals surface area (Å²) < 4.78 is 5.85. The third-order valence-corrected chi connectivity index (χ3v) is 4.47. The van der Waals surface area contributed by atoms with Crippen molar-refractivity contribution in [3.8, 4) is 5.75 Å². The Kier molecular flexibility index (Phi) is 9.38. The number of rotatable bonds is 7. The van der Waals surface area contributed by atoms with Crippen LogP contribution in [0.25, 0.3) is 0 Å². The molecule has 0 aliphatic heterocycles. The number of nitrogens with one attached hydrogen (secondary N) is 2.